The molecule has 19 heavy (non-hydrogen) atoms. The van der Waals surface area contributed by atoms with Crippen molar-refractivity contribution in [1.29, 1.82) is 0 Å². The second-order valence-corrected chi connectivity index (χ2v) is 5.33. The van der Waals surface area contributed by atoms with E-state index < -0.39 is 11.4 Å². The summed E-state index contributed by atoms with van der Waals surface area (Å²) >= 11 is 0. The van der Waals surface area contributed by atoms with Crippen LogP contribution in [0, 0.1) is 17.8 Å². The molecule has 1 saturated carbocycles. The minimum absolute atomic E-state index is 0.0956. The number of terminal acetylenes is 1. The van der Waals surface area contributed by atoms with Gasteiger partial charge in [0.2, 0.25) is 5.91 Å². The maximum Gasteiger partial charge on any atom is 0.310 e. The lowest BCUT2D eigenvalue weighted by Crippen LogP contribution is -2.37. The van der Waals surface area contributed by atoms with Crippen LogP contribution in [0.4, 0.5) is 0 Å². The zero-order valence-corrected chi connectivity index (χ0v) is 11.4. The lowest BCUT2D eigenvalue weighted by Gasteiger charge is -2.27. The van der Waals surface area contributed by atoms with Crippen LogP contribution in [0.5, 0.6) is 0 Å². The molecule has 0 aromatic carbocycles. The van der Waals surface area contributed by atoms with E-state index in [9.17, 15) is 14.7 Å². The summed E-state index contributed by atoms with van der Waals surface area (Å²) in [7, 11) is 0. The number of carbonyl (C=O) groups excluding carboxylic acids is 1. The average molecular weight is 265 g/mol. The van der Waals surface area contributed by atoms with Crippen LogP contribution in [0.25, 0.3) is 0 Å². The summed E-state index contributed by atoms with van der Waals surface area (Å²) < 4.78 is 0. The molecule has 0 aromatic rings. The minimum atomic E-state index is -0.854. The Labute approximate surface area is 115 Å². The van der Waals surface area contributed by atoms with Crippen molar-refractivity contribution in [2.45, 2.75) is 57.8 Å². The molecular formula is C15H23NO3. The van der Waals surface area contributed by atoms with Crippen LogP contribution in [-0.2, 0) is 9.59 Å². The van der Waals surface area contributed by atoms with Crippen LogP contribution in [0.3, 0.4) is 0 Å². The Morgan fingerprint density at radius 1 is 1.21 bits per heavy atom. The van der Waals surface area contributed by atoms with E-state index in [0.29, 0.717) is 25.8 Å². The van der Waals surface area contributed by atoms with Gasteiger partial charge in [0, 0.05) is 19.4 Å². The molecule has 1 aliphatic rings. The van der Waals surface area contributed by atoms with Gasteiger partial charge in [0.15, 0.2) is 0 Å². The van der Waals surface area contributed by atoms with Gasteiger partial charge in [-0.15, -0.1) is 12.3 Å². The number of rotatable bonds is 6. The highest BCUT2D eigenvalue weighted by molar-refractivity contribution is 5.85. The Morgan fingerprint density at radius 2 is 1.84 bits per heavy atom. The van der Waals surface area contributed by atoms with Crippen molar-refractivity contribution in [3.8, 4) is 12.3 Å². The quantitative estimate of drug-likeness (QED) is 0.440. The minimum Gasteiger partial charge on any atom is -0.481 e. The Kier molecular flexibility index (Phi) is 6.41. The van der Waals surface area contributed by atoms with Crippen LogP contribution in [0.15, 0.2) is 0 Å². The van der Waals surface area contributed by atoms with Crippen LogP contribution >= 0.6 is 0 Å². The fourth-order valence-electron chi connectivity index (χ4n) is 2.66. The average Bonchev–Trinajstić information content (AvgIpc) is 2.61. The second kappa shape index (κ2) is 7.83. The van der Waals surface area contributed by atoms with Gasteiger partial charge in [-0.2, -0.15) is 0 Å². The van der Waals surface area contributed by atoms with Crippen molar-refractivity contribution >= 4 is 11.9 Å². The van der Waals surface area contributed by atoms with Crippen molar-refractivity contribution in [3.63, 3.8) is 0 Å². The molecule has 1 amide bonds. The number of carboxylic acid groups (broad SMARTS) is 1. The van der Waals surface area contributed by atoms with Crippen molar-refractivity contribution in [3.05, 3.63) is 0 Å². The van der Waals surface area contributed by atoms with Crippen molar-refractivity contribution in [2.24, 2.45) is 5.41 Å². The number of aliphatic carboxylic acids is 1. The summed E-state index contributed by atoms with van der Waals surface area (Å²) in [6.45, 7) is 0.527. The van der Waals surface area contributed by atoms with Gasteiger partial charge in [0.05, 0.1) is 5.41 Å². The molecule has 0 saturated heterocycles. The zero-order chi connectivity index (χ0) is 14.1. The van der Waals surface area contributed by atoms with E-state index in [-0.39, 0.29) is 12.3 Å². The molecule has 0 radical (unpaired) electrons. The monoisotopic (exact) mass is 265 g/mol. The van der Waals surface area contributed by atoms with Gasteiger partial charge in [0.25, 0.3) is 0 Å². The summed E-state index contributed by atoms with van der Waals surface area (Å²) in [5, 5.41) is 12.2. The molecule has 106 valence electrons. The Hall–Kier alpha value is -1.50. The van der Waals surface area contributed by atoms with Crippen LogP contribution in [-0.4, -0.2) is 23.5 Å². The molecule has 4 heteroatoms. The van der Waals surface area contributed by atoms with E-state index >= 15 is 0 Å². The molecule has 1 fully saturated rings. The first-order chi connectivity index (χ1) is 9.10. The SMILES string of the molecule is C#CCCCNC(=O)CC1(C(=O)O)CCCCCC1. The molecular weight excluding hydrogens is 242 g/mol. The number of amides is 1. The van der Waals surface area contributed by atoms with E-state index in [1.54, 1.807) is 0 Å². The predicted octanol–water partition coefficient (Wildman–Crippen LogP) is 2.33. The molecule has 0 spiro atoms. The maximum atomic E-state index is 11.9. The highest BCUT2D eigenvalue weighted by Gasteiger charge is 2.40. The van der Waals surface area contributed by atoms with E-state index in [1.165, 1.54) is 0 Å². The smallest absolute Gasteiger partial charge is 0.310 e. The second-order valence-electron chi connectivity index (χ2n) is 5.33. The number of unbranched alkanes of at least 4 members (excludes halogenated alkanes) is 1. The zero-order valence-electron chi connectivity index (χ0n) is 11.4. The van der Waals surface area contributed by atoms with Gasteiger partial charge in [-0.25, -0.2) is 0 Å². The predicted molar refractivity (Wildman–Crippen MR) is 73.5 cm³/mol. The van der Waals surface area contributed by atoms with E-state index in [0.717, 1.165) is 32.1 Å². The number of nitrogens with one attached hydrogen (secondary N) is 1. The molecule has 1 rings (SSSR count). The van der Waals surface area contributed by atoms with Gasteiger partial charge >= 0.3 is 5.97 Å². The fourth-order valence-corrected chi connectivity index (χ4v) is 2.66. The van der Waals surface area contributed by atoms with Gasteiger partial charge in [-0.05, 0) is 19.3 Å². The van der Waals surface area contributed by atoms with Crippen molar-refractivity contribution in [2.75, 3.05) is 6.54 Å². The molecule has 0 atom stereocenters. The Bertz CT molecular complexity index is 349. The van der Waals surface area contributed by atoms with E-state index in [2.05, 4.69) is 11.2 Å². The molecule has 0 aromatic heterocycles. The summed E-state index contributed by atoms with van der Waals surface area (Å²) in [5.41, 5.74) is -0.854. The van der Waals surface area contributed by atoms with E-state index in [4.69, 9.17) is 6.42 Å². The van der Waals surface area contributed by atoms with Crippen LogP contribution < -0.4 is 5.32 Å². The molecule has 0 bridgehead atoms. The summed E-state index contributed by atoms with van der Waals surface area (Å²) in [6, 6.07) is 0. The van der Waals surface area contributed by atoms with Crippen LogP contribution in [0.1, 0.15) is 57.8 Å². The highest BCUT2D eigenvalue weighted by atomic mass is 16.4. The van der Waals surface area contributed by atoms with Gasteiger partial charge in [0.1, 0.15) is 0 Å². The third kappa shape index (κ3) is 4.94. The highest BCUT2D eigenvalue weighted by Crippen LogP contribution is 2.38. The van der Waals surface area contributed by atoms with Crippen LogP contribution in [0.2, 0.25) is 0 Å². The van der Waals surface area contributed by atoms with Crippen molar-refractivity contribution < 1.29 is 14.7 Å². The number of carbonyl (C=O) groups is 2. The fraction of sp³-hybridized carbons (Fsp3) is 0.733. The molecule has 4 nitrogen and oxygen atoms in total. The van der Waals surface area contributed by atoms with Gasteiger partial charge < -0.3 is 10.4 Å². The third-order valence-corrected chi connectivity index (χ3v) is 3.83. The molecule has 0 unspecified atom stereocenters. The molecule has 1 aliphatic carbocycles. The standard InChI is InChI=1S/C15H23NO3/c1-2-3-8-11-16-13(17)12-15(14(18)19)9-6-4-5-7-10-15/h1H,3-12H2,(H,16,17)(H,18,19). The van der Waals surface area contributed by atoms with Gasteiger partial charge in [-0.1, -0.05) is 25.7 Å². The first-order valence-electron chi connectivity index (χ1n) is 7.04. The lowest BCUT2D eigenvalue weighted by molar-refractivity contribution is -0.152. The third-order valence-electron chi connectivity index (χ3n) is 3.83. The Morgan fingerprint density at radius 3 is 2.37 bits per heavy atom. The number of hydrogen-bond acceptors (Lipinski definition) is 2. The molecule has 0 heterocycles. The molecule has 2 N–H and O–H groups in total. The summed E-state index contributed by atoms with van der Waals surface area (Å²) in [5.74, 6) is 1.52. The first-order valence-corrected chi connectivity index (χ1v) is 7.04. The lowest BCUT2D eigenvalue weighted by atomic mass is 9.77. The Balaban J connectivity index is 2.50. The largest absolute Gasteiger partial charge is 0.481 e. The van der Waals surface area contributed by atoms with E-state index in [1.807, 2.05) is 0 Å². The van der Waals surface area contributed by atoms with Gasteiger partial charge in [-0.3, -0.25) is 9.59 Å². The maximum absolute atomic E-state index is 11.9. The summed E-state index contributed by atoms with van der Waals surface area (Å²) in [4.78, 5) is 23.4. The topological polar surface area (TPSA) is 66.4 Å². The van der Waals surface area contributed by atoms with Crippen molar-refractivity contribution in [1.82, 2.24) is 5.32 Å². The number of carboxylic acids is 1. The molecule has 0 aliphatic heterocycles. The first kappa shape index (κ1) is 15.6. The number of hydrogen-bond donors (Lipinski definition) is 2. The summed E-state index contributed by atoms with van der Waals surface area (Å²) in [6.07, 6.45) is 11.8. The normalized spacial score (nSPS) is 18.1.